The molecule has 72 valence electrons. The summed E-state index contributed by atoms with van der Waals surface area (Å²) < 4.78 is 18.5. The van der Waals surface area contributed by atoms with Gasteiger partial charge in [0.15, 0.2) is 0 Å². The molecule has 0 amide bonds. The van der Waals surface area contributed by atoms with E-state index < -0.39 is 0 Å². The van der Waals surface area contributed by atoms with Crippen LogP contribution in [0.25, 0.3) is 0 Å². The molecule has 3 nitrogen and oxygen atoms in total. The molecule has 0 spiro atoms. The maximum Gasteiger partial charge on any atom is 0.136 e. The summed E-state index contributed by atoms with van der Waals surface area (Å²) in [5.41, 5.74) is 0.611. The van der Waals surface area contributed by atoms with E-state index in [1.165, 1.54) is 19.2 Å². The first-order valence-corrected chi connectivity index (χ1v) is 4.32. The van der Waals surface area contributed by atoms with Gasteiger partial charge in [-0.25, -0.2) is 10.3 Å². The lowest BCUT2D eigenvalue weighted by Crippen LogP contribution is -2.01. The Labute approximate surface area is 83.7 Å². The van der Waals surface area contributed by atoms with Crippen LogP contribution in [0.2, 0.25) is 0 Å². The fraction of sp³-hybridized carbons (Fsp3) is 0.250. The highest BCUT2D eigenvalue weighted by Crippen LogP contribution is 2.29. The van der Waals surface area contributed by atoms with Crippen LogP contribution < -0.4 is 10.6 Å². The van der Waals surface area contributed by atoms with E-state index in [9.17, 15) is 4.39 Å². The lowest BCUT2D eigenvalue weighted by molar-refractivity contribution is 0.123. The smallest absolute Gasteiger partial charge is 0.136 e. The Morgan fingerprint density at radius 2 is 2.23 bits per heavy atom. The van der Waals surface area contributed by atoms with E-state index in [0.29, 0.717) is 15.8 Å². The van der Waals surface area contributed by atoms with Gasteiger partial charge in [0.2, 0.25) is 0 Å². The molecular weight excluding hydrogens is 241 g/mol. The van der Waals surface area contributed by atoms with Crippen molar-refractivity contribution in [3.8, 4) is 5.75 Å². The summed E-state index contributed by atoms with van der Waals surface area (Å²) in [5.74, 6) is 4.93. The second-order valence-corrected chi connectivity index (χ2v) is 3.19. The first-order valence-electron chi connectivity index (χ1n) is 3.52. The van der Waals surface area contributed by atoms with Crippen molar-refractivity contribution in [1.29, 1.82) is 0 Å². The first-order chi connectivity index (χ1) is 6.19. The molecule has 0 radical (unpaired) electrons. The summed E-state index contributed by atoms with van der Waals surface area (Å²) in [7, 11) is 1.46. The Balaban J connectivity index is 3.11. The van der Waals surface area contributed by atoms with Crippen LogP contribution >= 0.6 is 15.9 Å². The third-order valence-electron chi connectivity index (χ3n) is 1.54. The molecule has 1 aromatic carbocycles. The number of nitrogens with two attached hydrogens (primary N) is 1. The Morgan fingerprint density at radius 1 is 1.54 bits per heavy atom. The van der Waals surface area contributed by atoms with Gasteiger partial charge in [0.25, 0.3) is 0 Å². The predicted octanol–water partition coefficient (Wildman–Crippen LogP) is 1.99. The van der Waals surface area contributed by atoms with Gasteiger partial charge in [-0.3, -0.25) is 4.84 Å². The lowest BCUT2D eigenvalue weighted by Gasteiger charge is -2.08. The van der Waals surface area contributed by atoms with Crippen LogP contribution in [-0.4, -0.2) is 7.11 Å². The highest BCUT2D eigenvalue weighted by Gasteiger charge is 2.08. The SMILES string of the molecule is COc1cc(F)cc(CON)c1Br. The molecule has 13 heavy (non-hydrogen) atoms. The molecule has 0 heterocycles. The van der Waals surface area contributed by atoms with E-state index in [0.717, 1.165) is 0 Å². The largest absolute Gasteiger partial charge is 0.495 e. The molecule has 2 N–H and O–H groups in total. The summed E-state index contributed by atoms with van der Waals surface area (Å²) in [6.07, 6.45) is 0. The van der Waals surface area contributed by atoms with E-state index in [1.54, 1.807) is 0 Å². The molecule has 0 aliphatic carbocycles. The molecule has 0 aliphatic rings. The van der Waals surface area contributed by atoms with Crippen molar-refractivity contribution in [3.05, 3.63) is 28.0 Å². The zero-order chi connectivity index (χ0) is 9.84. The number of benzene rings is 1. The molecule has 0 aliphatic heterocycles. The van der Waals surface area contributed by atoms with E-state index in [4.69, 9.17) is 10.6 Å². The maximum atomic E-state index is 12.9. The number of rotatable bonds is 3. The minimum Gasteiger partial charge on any atom is -0.495 e. The van der Waals surface area contributed by atoms with E-state index >= 15 is 0 Å². The van der Waals surface area contributed by atoms with Gasteiger partial charge in [0, 0.05) is 11.6 Å². The molecule has 0 bridgehead atoms. The molecule has 0 atom stereocenters. The van der Waals surface area contributed by atoms with Gasteiger partial charge in [0.05, 0.1) is 18.2 Å². The van der Waals surface area contributed by atoms with E-state index in [2.05, 4.69) is 20.8 Å². The van der Waals surface area contributed by atoms with Gasteiger partial charge < -0.3 is 4.74 Å². The molecule has 0 aromatic heterocycles. The Hall–Kier alpha value is -0.650. The minimum absolute atomic E-state index is 0.134. The van der Waals surface area contributed by atoms with Crippen LogP contribution in [0.1, 0.15) is 5.56 Å². The van der Waals surface area contributed by atoms with Gasteiger partial charge in [-0.2, -0.15) is 0 Å². The predicted molar refractivity (Wildman–Crippen MR) is 49.6 cm³/mol. The quantitative estimate of drug-likeness (QED) is 0.834. The van der Waals surface area contributed by atoms with Crippen LogP contribution in [0, 0.1) is 5.82 Å². The minimum atomic E-state index is -0.382. The fourth-order valence-corrected chi connectivity index (χ4v) is 1.47. The molecule has 0 saturated carbocycles. The molecule has 0 saturated heterocycles. The van der Waals surface area contributed by atoms with Gasteiger partial charge >= 0.3 is 0 Å². The van der Waals surface area contributed by atoms with Crippen LogP contribution in [-0.2, 0) is 11.4 Å². The standard InChI is InChI=1S/C8H9BrFNO2/c1-12-7-3-6(10)2-5(4-13-11)8(7)9/h2-3H,4,11H2,1H3. The van der Waals surface area contributed by atoms with Crippen molar-refractivity contribution in [1.82, 2.24) is 0 Å². The second kappa shape index (κ2) is 4.55. The average Bonchev–Trinajstić information content (AvgIpc) is 2.11. The molecule has 1 rings (SSSR count). The average molecular weight is 250 g/mol. The number of hydrogen-bond donors (Lipinski definition) is 1. The maximum absolute atomic E-state index is 12.9. The van der Waals surface area contributed by atoms with Gasteiger partial charge in [-0.15, -0.1) is 0 Å². The summed E-state index contributed by atoms with van der Waals surface area (Å²) in [6.45, 7) is 0.134. The van der Waals surface area contributed by atoms with E-state index in [1.807, 2.05) is 0 Å². The highest BCUT2D eigenvalue weighted by molar-refractivity contribution is 9.10. The third-order valence-corrected chi connectivity index (χ3v) is 2.44. The van der Waals surface area contributed by atoms with E-state index in [-0.39, 0.29) is 12.4 Å². The summed E-state index contributed by atoms with van der Waals surface area (Å²) >= 11 is 3.25. The van der Waals surface area contributed by atoms with Crippen molar-refractivity contribution in [3.63, 3.8) is 0 Å². The number of halogens is 2. The van der Waals surface area contributed by atoms with Crippen molar-refractivity contribution in [2.45, 2.75) is 6.61 Å². The molecule has 0 fully saturated rings. The first kappa shape index (κ1) is 10.4. The monoisotopic (exact) mass is 249 g/mol. The zero-order valence-corrected chi connectivity index (χ0v) is 8.60. The summed E-state index contributed by atoms with van der Waals surface area (Å²) in [6, 6.07) is 2.61. The number of methoxy groups -OCH3 is 1. The molecular formula is C8H9BrFNO2. The normalized spacial score (nSPS) is 10.2. The third kappa shape index (κ3) is 2.40. The van der Waals surface area contributed by atoms with Gasteiger partial charge in [0.1, 0.15) is 11.6 Å². The number of hydrogen-bond acceptors (Lipinski definition) is 3. The van der Waals surface area contributed by atoms with Crippen molar-refractivity contribution < 1.29 is 14.0 Å². The Bertz CT molecular complexity index is 306. The fourth-order valence-electron chi connectivity index (χ4n) is 0.962. The second-order valence-electron chi connectivity index (χ2n) is 2.39. The summed E-state index contributed by atoms with van der Waals surface area (Å²) in [5, 5.41) is 0. The van der Waals surface area contributed by atoms with Gasteiger partial charge in [-0.1, -0.05) is 0 Å². The van der Waals surface area contributed by atoms with Crippen LogP contribution in [0.3, 0.4) is 0 Å². The Morgan fingerprint density at radius 3 is 2.77 bits per heavy atom. The topological polar surface area (TPSA) is 44.5 Å². The molecule has 1 aromatic rings. The van der Waals surface area contributed by atoms with Crippen LogP contribution in [0.4, 0.5) is 4.39 Å². The van der Waals surface area contributed by atoms with Crippen LogP contribution in [0.5, 0.6) is 5.75 Å². The molecule has 0 unspecified atom stereocenters. The van der Waals surface area contributed by atoms with Gasteiger partial charge in [-0.05, 0) is 22.0 Å². The highest BCUT2D eigenvalue weighted by atomic mass is 79.9. The zero-order valence-electron chi connectivity index (χ0n) is 7.01. The summed E-state index contributed by atoms with van der Waals surface area (Å²) in [4.78, 5) is 4.41. The lowest BCUT2D eigenvalue weighted by atomic mass is 10.2. The Kier molecular flexibility index (Phi) is 3.65. The van der Waals surface area contributed by atoms with Crippen molar-refractivity contribution in [2.24, 2.45) is 5.90 Å². The van der Waals surface area contributed by atoms with Crippen molar-refractivity contribution >= 4 is 15.9 Å². The van der Waals surface area contributed by atoms with Crippen molar-refractivity contribution in [2.75, 3.05) is 7.11 Å². The number of ether oxygens (including phenoxy) is 1. The molecule has 5 heteroatoms. The van der Waals surface area contributed by atoms with Crippen LogP contribution in [0.15, 0.2) is 16.6 Å².